The summed E-state index contributed by atoms with van der Waals surface area (Å²) in [5.74, 6) is 0.691. The number of aryl methyl sites for hydroxylation is 1. The van der Waals surface area contributed by atoms with Gasteiger partial charge in [0.25, 0.3) is 0 Å². The molecule has 0 bridgehead atoms. The van der Waals surface area contributed by atoms with Crippen molar-refractivity contribution in [2.75, 3.05) is 0 Å². The van der Waals surface area contributed by atoms with Gasteiger partial charge in [-0.2, -0.15) is 0 Å². The summed E-state index contributed by atoms with van der Waals surface area (Å²) >= 11 is 6.32. The highest BCUT2D eigenvalue weighted by Gasteiger charge is 2.19. The van der Waals surface area contributed by atoms with E-state index in [9.17, 15) is 0 Å². The summed E-state index contributed by atoms with van der Waals surface area (Å²) in [5.41, 5.74) is 2.92. The minimum Gasteiger partial charge on any atom is -0.123 e. The van der Waals surface area contributed by atoms with E-state index in [4.69, 9.17) is 11.6 Å². The average molecular weight is 237 g/mol. The number of hydrogen-bond acceptors (Lipinski definition) is 0. The van der Waals surface area contributed by atoms with E-state index in [1.807, 2.05) is 0 Å². The van der Waals surface area contributed by atoms with E-state index in [1.54, 1.807) is 0 Å². The van der Waals surface area contributed by atoms with E-state index in [0.29, 0.717) is 11.3 Å². The van der Waals surface area contributed by atoms with E-state index in [1.165, 1.54) is 36.8 Å². The lowest BCUT2D eigenvalue weighted by molar-refractivity contribution is 0.595. The molecule has 0 aliphatic heterocycles. The van der Waals surface area contributed by atoms with Gasteiger partial charge in [-0.15, -0.1) is 11.6 Å². The monoisotopic (exact) mass is 236 g/mol. The molecule has 2 unspecified atom stereocenters. The molecule has 16 heavy (non-hydrogen) atoms. The Morgan fingerprint density at radius 2 is 1.81 bits per heavy atom. The Hall–Kier alpha value is -0.490. The highest BCUT2D eigenvalue weighted by Crippen LogP contribution is 2.33. The molecule has 0 heterocycles. The fraction of sp³-hybridized carbons (Fsp3) is 0.600. The summed E-state index contributed by atoms with van der Waals surface area (Å²) in [5, 5.41) is 0.387. The van der Waals surface area contributed by atoms with Crippen LogP contribution in [-0.4, -0.2) is 5.38 Å². The van der Waals surface area contributed by atoms with Crippen LogP contribution in [0.1, 0.15) is 56.1 Å². The van der Waals surface area contributed by atoms with Crippen molar-refractivity contribution in [1.29, 1.82) is 0 Å². The van der Waals surface area contributed by atoms with Crippen molar-refractivity contribution in [3.05, 3.63) is 35.4 Å². The minimum absolute atomic E-state index is 0.387. The number of rotatable bonds is 2. The van der Waals surface area contributed by atoms with Gasteiger partial charge in [-0.1, -0.05) is 44.0 Å². The molecule has 0 N–H and O–H groups in total. The quantitative estimate of drug-likeness (QED) is 0.506. The molecule has 0 nitrogen and oxygen atoms in total. The highest BCUT2D eigenvalue weighted by atomic mass is 35.5. The maximum absolute atomic E-state index is 6.32. The zero-order valence-corrected chi connectivity index (χ0v) is 10.8. The largest absolute Gasteiger partial charge is 0.123 e. The molecule has 0 spiro atoms. The van der Waals surface area contributed by atoms with Crippen LogP contribution in [0.4, 0.5) is 0 Å². The second-order valence-electron chi connectivity index (χ2n) is 4.91. The van der Waals surface area contributed by atoms with Crippen molar-refractivity contribution in [3.63, 3.8) is 0 Å². The zero-order chi connectivity index (χ0) is 11.4. The maximum atomic E-state index is 6.32. The summed E-state index contributed by atoms with van der Waals surface area (Å²) in [6, 6.07) is 9.14. The Balaban J connectivity index is 2.09. The van der Waals surface area contributed by atoms with Crippen molar-refractivity contribution in [2.45, 2.75) is 56.7 Å². The Labute approximate surface area is 104 Å². The van der Waals surface area contributed by atoms with Crippen LogP contribution in [0.3, 0.4) is 0 Å². The van der Waals surface area contributed by atoms with Gasteiger partial charge in [0.05, 0.1) is 0 Å². The smallest absolute Gasteiger partial charge is 0.0341 e. The predicted octanol–water partition coefficient (Wildman–Crippen LogP) is 4.90. The highest BCUT2D eigenvalue weighted by molar-refractivity contribution is 6.20. The molecule has 1 heteroatoms. The molecular weight excluding hydrogens is 216 g/mol. The summed E-state index contributed by atoms with van der Waals surface area (Å²) in [4.78, 5) is 0. The van der Waals surface area contributed by atoms with Crippen LogP contribution in [0.2, 0.25) is 0 Å². The number of hydrogen-bond donors (Lipinski definition) is 0. The van der Waals surface area contributed by atoms with Crippen LogP contribution in [0.15, 0.2) is 24.3 Å². The van der Waals surface area contributed by atoms with Crippen LogP contribution in [0, 0.1) is 0 Å². The molecule has 88 valence electrons. The fourth-order valence-corrected chi connectivity index (χ4v) is 3.00. The van der Waals surface area contributed by atoms with Crippen LogP contribution in [-0.2, 0) is 6.42 Å². The van der Waals surface area contributed by atoms with E-state index in [0.717, 1.165) is 12.8 Å². The Bertz CT molecular complexity index is 315. The van der Waals surface area contributed by atoms with Crippen molar-refractivity contribution in [2.24, 2.45) is 0 Å². The van der Waals surface area contributed by atoms with Crippen LogP contribution >= 0.6 is 11.6 Å². The van der Waals surface area contributed by atoms with E-state index in [-0.39, 0.29) is 0 Å². The molecule has 0 saturated heterocycles. The number of alkyl halides is 1. The zero-order valence-electron chi connectivity index (χ0n) is 10.1. The first-order valence-corrected chi connectivity index (χ1v) is 6.96. The Kier molecular flexibility index (Phi) is 4.29. The van der Waals surface area contributed by atoms with E-state index < -0.39 is 0 Å². The number of halogens is 1. The third kappa shape index (κ3) is 3.01. The molecule has 1 aromatic carbocycles. The lowest BCUT2D eigenvalue weighted by Gasteiger charge is -2.16. The fourth-order valence-electron chi connectivity index (χ4n) is 2.63. The predicted molar refractivity (Wildman–Crippen MR) is 71.3 cm³/mol. The molecule has 1 saturated carbocycles. The second kappa shape index (κ2) is 5.72. The molecule has 2 atom stereocenters. The Morgan fingerprint density at radius 3 is 2.50 bits per heavy atom. The van der Waals surface area contributed by atoms with Crippen LogP contribution in [0.25, 0.3) is 0 Å². The van der Waals surface area contributed by atoms with Gasteiger partial charge in [-0.3, -0.25) is 0 Å². The average Bonchev–Trinajstić information content (AvgIpc) is 2.54. The third-order valence-corrected chi connectivity index (χ3v) is 4.12. The molecule has 2 rings (SSSR count). The van der Waals surface area contributed by atoms with Crippen molar-refractivity contribution in [3.8, 4) is 0 Å². The van der Waals surface area contributed by atoms with Crippen molar-refractivity contribution < 1.29 is 0 Å². The maximum Gasteiger partial charge on any atom is 0.0341 e. The lowest BCUT2D eigenvalue weighted by Crippen LogP contribution is -2.04. The van der Waals surface area contributed by atoms with Crippen molar-refractivity contribution in [1.82, 2.24) is 0 Å². The SMILES string of the molecule is CCc1ccc(C2CCCCC(Cl)C2)cc1. The van der Waals surface area contributed by atoms with Gasteiger partial charge in [0, 0.05) is 5.38 Å². The molecule has 1 aliphatic carbocycles. The lowest BCUT2D eigenvalue weighted by atomic mass is 9.91. The first kappa shape index (κ1) is 12.0. The number of benzene rings is 1. The molecule has 1 aromatic rings. The molecular formula is C15H21Cl. The van der Waals surface area contributed by atoms with E-state index in [2.05, 4.69) is 31.2 Å². The molecule has 1 aliphatic rings. The van der Waals surface area contributed by atoms with Crippen LogP contribution in [0.5, 0.6) is 0 Å². The first-order chi connectivity index (χ1) is 7.79. The van der Waals surface area contributed by atoms with Gasteiger partial charge in [0.2, 0.25) is 0 Å². The summed E-state index contributed by atoms with van der Waals surface area (Å²) in [6.07, 6.45) is 7.44. The van der Waals surface area contributed by atoms with Crippen molar-refractivity contribution >= 4 is 11.6 Å². The van der Waals surface area contributed by atoms with Crippen LogP contribution < -0.4 is 0 Å². The Morgan fingerprint density at radius 1 is 1.12 bits per heavy atom. The molecule has 0 aromatic heterocycles. The van der Waals surface area contributed by atoms with E-state index >= 15 is 0 Å². The van der Waals surface area contributed by atoms with Gasteiger partial charge < -0.3 is 0 Å². The summed E-state index contributed by atoms with van der Waals surface area (Å²) < 4.78 is 0. The van der Waals surface area contributed by atoms with Gasteiger partial charge >= 0.3 is 0 Å². The third-order valence-electron chi connectivity index (χ3n) is 3.72. The van der Waals surface area contributed by atoms with Gasteiger partial charge in [-0.05, 0) is 42.7 Å². The standard InChI is InChI=1S/C15H21Cl/c1-2-12-7-9-13(10-8-12)14-5-3-4-6-15(16)11-14/h7-10,14-15H,2-6,11H2,1H3. The summed E-state index contributed by atoms with van der Waals surface area (Å²) in [6.45, 7) is 2.20. The van der Waals surface area contributed by atoms with Gasteiger partial charge in [-0.25, -0.2) is 0 Å². The first-order valence-electron chi connectivity index (χ1n) is 6.52. The molecule has 0 amide bonds. The van der Waals surface area contributed by atoms with Gasteiger partial charge in [0.15, 0.2) is 0 Å². The summed E-state index contributed by atoms with van der Waals surface area (Å²) in [7, 11) is 0. The van der Waals surface area contributed by atoms with Gasteiger partial charge in [0.1, 0.15) is 0 Å². The minimum atomic E-state index is 0.387. The molecule has 0 radical (unpaired) electrons. The molecule has 1 fully saturated rings. The normalized spacial score (nSPS) is 26.4. The topological polar surface area (TPSA) is 0 Å². The second-order valence-corrected chi connectivity index (χ2v) is 5.53.